The van der Waals surface area contributed by atoms with E-state index in [1.807, 2.05) is 20.8 Å². The van der Waals surface area contributed by atoms with Gasteiger partial charge < -0.3 is 14.4 Å². The van der Waals surface area contributed by atoms with Crippen molar-refractivity contribution in [3.05, 3.63) is 41.2 Å². The van der Waals surface area contributed by atoms with Crippen LogP contribution in [-0.2, 0) is 14.3 Å². The molecule has 0 aliphatic carbocycles. The number of carbonyl (C=O) groups is 2. The Labute approximate surface area is 160 Å². The number of hydrogen-bond donors (Lipinski definition) is 0. The average Bonchev–Trinajstić information content (AvgIpc) is 2.59. The molecule has 0 radical (unpaired) electrons. The summed E-state index contributed by atoms with van der Waals surface area (Å²) >= 11 is 0. The lowest BCUT2D eigenvalue weighted by atomic mass is 9.92. The summed E-state index contributed by atoms with van der Waals surface area (Å²) in [4.78, 5) is 26.2. The van der Waals surface area contributed by atoms with Crippen molar-refractivity contribution in [3.8, 4) is 0 Å². The first-order valence-corrected chi connectivity index (χ1v) is 9.30. The minimum Gasteiger partial charge on any atom is -0.466 e. The van der Waals surface area contributed by atoms with Gasteiger partial charge in [0.1, 0.15) is 11.4 Å². The third-order valence-corrected chi connectivity index (χ3v) is 4.19. The van der Waals surface area contributed by atoms with Gasteiger partial charge in [0.2, 0.25) is 0 Å². The third kappa shape index (κ3) is 6.38. The second kappa shape index (κ2) is 9.02. The van der Waals surface area contributed by atoms with E-state index in [2.05, 4.69) is 0 Å². The summed E-state index contributed by atoms with van der Waals surface area (Å²) in [7, 11) is 0. The maximum atomic E-state index is 13.3. The normalized spacial score (nSPS) is 16.7. The number of amides is 1. The van der Waals surface area contributed by atoms with Crippen LogP contribution in [0.1, 0.15) is 52.5 Å². The molecular formula is C21H28FNO4. The van der Waals surface area contributed by atoms with Gasteiger partial charge in [-0.05, 0) is 69.4 Å². The molecule has 1 aliphatic rings. The molecule has 2 rings (SSSR count). The molecule has 1 heterocycles. The van der Waals surface area contributed by atoms with Crippen molar-refractivity contribution in [2.75, 3.05) is 19.7 Å². The van der Waals surface area contributed by atoms with E-state index in [9.17, 15) is 14.0 Å². The van der Waals surface area contributed by atoms with Crippen molar-refractivity contribution < 1.29 is 23.5 Å². The number of carbonyl (C=O) groups excluding carboxylic acids is 2. The first-order valence-electron chi connectivity index (χ1n) is 9.30. The Morgan fingerprint density at radius 1 is 1.19 bits per heavy atom. The van der Waals surface area contributed by atoms with E-state index in [-0.39, 0.29) is 24.3 Å². The van der Waals surface area contributed by atoms with Gasteiger partial charge in [0.15, 0.2) is 0 Å². The Balaban J connectivity index is 2.30. The summed E-state index contributed by atoms with van der Waals surface area (Å²) in [5.41, 5.74) is 1.97. The SMILES string of the molecule is CCOC(=O)CC(=C1CCCN(C(=O)OC(C)(C)C)C1)c1ccc(F)cc1. The van der Waals surface area contributed by atoms with E-state index in [1.54, 1.807) is 24.0 Å². The molecule has 0 atom stereocenters. The lowest BCUT2D eigenvalue weighted by molar-refractivity contribution is -0.141. The molecule has 148 valence electrons. The van der Waals surface area contributed by atoms with Gasteiger partial charge in [0, 0.05) is 13.1 Å². The number of likely N-dealkylation sites (tertiary alicyclic amines) is 1. The maximum absolute atomic E-state index is 13.3. The predicted octanol–water partition coefficient (Wildman–Crippen LogP) is 4.56. The maximum Gasteiger partial charge on any atom is 0.410 e. The largest absolute Gasteiger partial charge is 0.466 e. The summed E-state index contributed by atoms with van der Waals surface area (Å²) < 4.78 is 23.9. The van der Waals surface area contributed by atoms with Crippen LogP contribution in [0.2, 0.25) is 0 Å². The Bertz CT molecular complexity index is 704. The van der Waals surface area contributed by atoms with Crippen molar-refractivity contribution in [3.63, 3.8) is 0 Å². The van der Waals surface area contributed by atoms with Crippen molar-refractivity contribution in [1.29, 1.82) is 0 Å². The molecule has 5 nitrogen and oxygen atoms in total. The molecule has 0 saturated carbocycles. The van der Waals surface area contributed by atoms with E-state index in [0.717, 1.165) is 29.6 Å². The second-order valence-corrected chi connectivity index (χ2v) is 7.58. The van der Waals surface area contributed by atoms with Gasteiger partial charge in [0.05, 0.1) is 13.0 Å². The van der Waals surface area contributed by atoms with Crippen molar-refractivity contribution in [1.82, 2.24) is 4.90 Å². The molecule has 0 unspecified atom stereocenters. The zero-order valence-electron chi connectivity index (χ0n) is 16.5. The summed E-state index contributed by atoms with van der Waals surface area (Å²) in [6.07, 6.45) is 1.28. The van der Waals surface area contributed by atoms with Crippen LogP contribution < -0.4 is 0 Å². The van der Waals surface area contributed by atoms with Gasteiger partial charge in [-0.15, -0.1) is 0 Å². The van der Waals surface area contributed by atoms with E-state index < -0.39 is 5.60 Å². The summed E-state index contributed by atoms with van der Waals surface area (Å²) in [5.74, 6) is -0.669. The molecule has 1 aromatic carbocycles. The number of piperidine rings is 1. The average molecular weight is 377 g/mol. The van der Waals surface area contributed by atoms with Crippen molar-refractivity contribution >= 4 is 17.6 Å². The lowest BCUT2D eigenvalue weighted by Crippen LogP contribution is -2.40. The number of esters is 1. The fraction of sp³-hybridized carbons (Fsp3) is 0.524. The van der Waals surface area contributed by atoms with E-state index in [1.165, 1.54) is 12.1 Å². The summed E-state index contributed by atoms with van der Waals surface area (Å²) in [6, 6.07) is 6.05. The van der Waals surface area contributed by atoms with Crippen LogP contribution in [0.3, 0.4) is 0 Å². The number of hydrogen-bond acceptors (Lipinski definition) is 4. The van der Waals surface area contributed by atoms with E-state index in [4.69, 9.17) is 9.47 Å². The number of benzene rings is 1. The molecule has 6 heteroatoms. The van der Waals surface area contributed by atoms with Crippen LogP contribution in [0.4, 0.5) is 9.18 Å². The minimum atomic E-state index is -0.566. The molecule has 27 heavy (non-hydrogen) atoms. The number of halogens is 1. The Kier molecular flexibility index (Phi) is 6.99. The van der Waals surface area contributed by atoms with Gasteiger partial charge in [0.25, 0.3) is 0 Å². The molecule has 0 N–H and O–H groups in total. The van der Waals surface area contributed by atoms with Gasteiger partial charge >= 0.3 is 12.1 Å². The molecule has 0 aromatic heterocycles. The number of rotatable bonds is 4. The topological polar surface area (TPSA) is 55.8 Å². The molecule has 1 aromatic rings. The van der Waals surface area contributed by atoms with E-state index in [0.29, 0.717) is 19.7 Å². The monoisotopic (exact) mass is 377 g/mol. The lowest BCUT2D eigenvalue weighted by Gasteiger charge is -2.32. The highest BCUT2D eigenvalue weighted by Gasteiger charge is 2.27. The first kappa shape index (κ1) is 20.9. The van der Waals surface area contributed by atoms with Crippen molar-refractivity contribution in [2.24, 2.45) is 0 Å². The quantitative estimate of drug-likeness (QED) is 0.722. The Hall–Kier alpha value is -2.37. The predicted molar refractivity (Wildman–Crippen MR) is 102 cm³/mol. The minimum absolute atomic E-state index is 0.0942. The van der Waals surface area contributed by atoms with Crippen LogP contribution in [0.25, 0.3) is 5.57 Å². The zero-order chi connectivity index (χ0) is 20.0. The van der Waals surface area contributed by atoms with Gasteiger partial charge in [-0.25, -0.2) is 9.18 Å². The van der Waals surface area contributed by atoms with Crippen LogP contribution >= 0.6 is 0 Å². The van der Waals surface area contributed by atoms with Gasteiger partial charge in [-0.2, -0.15) is 0 Å². The molecule has 1 aliphatic heterocycles. The smallest absolute Gasteiger partial charge is 0.410 e. The van der Waals surface area contributed by atoms with Crippen LogP contribution in [0.15, 0.2) is 29.8 Å². The Morgan fingerprint density at radius 3 is 2.44 bits per heavy atom. The number of ether oxygens (including phenoxy) is 2. The highest BCUT2D eigenvalue weighted by Crippen LogP contribution is 2.30. The highest BCUT2D eigenvalue weighted by atomic mass is 19.1. The molecule has 1 fully saturated rings. The zero-order valence-corrected chi connectivity index (χ0v) is 16.5. The molecule has 1 saturated heterocycles. The first-order chi connectivity index (χ1) is 12.7. The molecule has 1 amide bonds. The summed E-state index contributed by atoms with van der Waals surface area (Å²) in [5, 5.41) is 0. The van der Waals surface area contributed by atoms with E-state index >= 15 is 0 Å². The standard InChI is InChI=1S/C21H28FNO4/c1-5-26-19(24)13-18(15-8-10-17(22)11-9-15)16-7-6-12-23(14-16)20(25)27-21(2,3)4/h8-11H,5-7,12-14H2,1-4H3. The fourth-order valence-corrected chi connectivity index (χ4v) is 3.04. The van der Waals surface area contributed by atoms with Crippen LogP contribution in [0.5, 0.6) is 0 Å². The van der Waals surface area contributed by atoms with Crippen LogP contribution in [-0.4, -0.2) is 42.3 Å². The second-order valence-electron chi connectivity index (χ2n) is 7.58. The molecular weight excluding hydrogens is 349 g/mol. The third-order valence-electron chi connectivity index (χ3n) is 4.19. The molecule has 0 bridgehead atoms. The summed E-state index contributed by atoms with van der Waals surface area (Å²) in [6.45, 7) is 8.54. The Morgan fingerprint density at radius 2 is 1.85 bits per heavy atom. The van der Waals surface area contributed by atoms with Gasteiger partial charge in [-0.1, -0.05) is 12.1 Å². The van der Waals surface area contributed by atoms with Gasteiger partial charge in [-0.3, -0.25) is 4.79 Å². The number of nitrogens with zero attached hydrogens (tertiary/aromatic N) is 1. The molecule has 0 spiro atoms. The highest BCUT2D eigenvalue weighted by molar-refractivity contribution is 5.87. The van der Waals surface area contributed by atoms with Crippen LogP contribution in [0, 0.1) is 5.82 Å². The fourth-order valence-electron chi connectivity index (χ4n) is 3.04. The van der Waals surface area contributed by atoms with Crippen molar-refractivity contribution in [2.45, 2.75) is 52.6 Å².